The van der Waals surface area contributed by atoms with Crippen molar-refractivity contribution in [2.45, 2.75) is 26.2 Å². The minimum atomic E-state index is -0.128. The Morgan fingerprint density at radius 1 is 1.39 bits per heavy atom. The molecule has 18 heavy (non-hydrogen) atoms. The van der Waals surface area contributed by atoms with Gasteiger partial charge < -0.3 is 9.47 Å². The molecule has 0 heterocycles. The summed E-state index contributed by atoms with van der Waals surface area (Å²) < 4.78 is 10.4. The predicted octanol–water partition coefficient (Wildman–Crippen LogP) is 3.45. The van der Waals surface area contributed by atoms with Crippen molar-refractivity contribution in [2.75, 3.05) is 20.3 Å². The molecule has 3 nitrogen and oxygen atoms in total. The summed E-state index contributed by atoms with van der Waals surface area (Å²) in [6, 6.07) is 5.46. The fourth-order valence-corrected chi connectivity index (χ4v) is 1.80. The molecule has 1 rings (SSSR count). The molecule has 0 aromatic heterocycles. The molecule has 0 aliphatic carbocycles. The van der Waals surface area contributed by atoms with E-state index in [2.05, 4.69) is 0 Å². The molecular formula is C14H19ClO3. The number of benzene rings is 1. The number of methoxy groups -OCH3 is 1. The topological polar surface area (TPSA) is 35.5 Å². The number of carbonyl (C=O) groups is 1. The number of carbonyl (C=O) groups excluding carboxylic acids is 1. The van der Waals surface area contributed by atoms with E-state index in [4.69, 9.17) is 21.1 Å². The van der Waals surface area contributed by atoms with Gasteiger partial charge in [0.1, 0.15) is 18.1 Å². The van der Waals surface area contributed by atoms with Crippen molar-refractivity contribution >= 4 is 17.4 Å². The second-order valence-electron chi connectivity index (χ2n) is 4.07. The van der Waals surface area contributed by atoms with Gasteiger partial charge in [-0.3, -0.25) is 4.79 Å². The van der Waals surface area contributed by atoms with Gasteiger partial charge in [-0.25, -0.2) is 0 Å². The van der Waals surface area contributed by atoms with Crippen LogP contribution in [-0.4, -0.2) is 26.1 Å². The fraction of sp³-hybridized carbons (Fsp3) is 0.500. The first kappa shape index (κ1) is 15.0. The number of ether oxygens (including phenoxy) is 2. The van der Waals surface area contributed by atoms with Gasteiger partial charge in [0.25, 0.3) is 0 Å². The summed E-state index contributed by atoms with van der Waals surface area (Å²) in [5, 5.41) is 0.547. The molecule has 1 aromatic carbocycles. The highest BCUT2D eigenvalue weighted by Crippen LogP contribution is 2.29. The smallest absolute Gasteiger partial charge is 0.139 e. The highest BCUT2D eigenvalue weighted by molar-refractivity contribution is 6.32. The van der Waals surface area contributed by atoms with E-state index in [0.717, 1.165) is 5.56 Å². The minimum Gasteiger partial charge on any atom is -0.490 e. The maximum absolute atomic E-state index is 11.7. The van der Waals surface area contributed by atoms with Crippen molar-refractivity contribution in [1.29, 1.82) is 0 Å². The summed E-state index contributed by atoms with van der Waals surface area (Å²) in [6.45, 7) is 4.71. The molecule has 0 fully saturated rings. The van der Waals surface area contributed by atoms with Gasteiger partial charge in [0, 0.05) is 19.4 Å². The van der Waals surface area contributed by atoms with Gasteiger partial charge in [0.05, 0.1) is 11.6 Å². The average Bonchev–Trinajstić information content (AvgIpc) is 2.39. The Kier molecular flexibility index (Phi) is 6.16. The highest BCUT2D eigenvalue weighted by atomic mass is 35.5. The molecule has 0 radical (unpaired) electrons. The molecule has 100 valence electrons. The van der Waals surface area contributed by atoms with Gasteiger partial charge in [0.2, 0.25) is 0 Å². The van der Waals surface area contributed by atoms with Crippen LogP contribution in [0.4, 0.5) is 0 Å². The van der Waals surface area contributed by atoms with Gasteiger partial charge in [-0.05, 0) is 17.7 Å². The lowest BCUT2D eigenvalue weighted by Crippen LogP contribution is -2.09. The van der Waals surface area contributed by atoms with Gasteiger partial charge >= 0.3 is 0 Å². The number of rotatable bonds is 7. The van der Waals surface area contributed by atoms with Crippen LogP contribution < -0.4 is 4.74 Å². The lowest BCUT2D eigenvalue weighted by atomic mass is 9.95. The molecule has 1 atom stereocenters. The van der Waals surface area contributed by atoms with Crippen LogP contribution in [0.15, 0.2) is 18.2 Å². The van der Waals surface area contributed by atoms with E-state index in [-0.39, 0.29) is 11.7 Å². The van der Waals surface area contributed by atoms with E-state index < -0.39 is 0 Å². The zero-order chi connectivity index (χ0) is 13.5. The molecule has 0 spiro atoms. The largest absolute Gasteiger partial charge is 0.490 e. The van der Waals surface area contributed by atoms with Gasteiger partial charge in [-0.15, -0.1) is 0 Å². The van der Waals surface area contributed by atoms with Crippen LogP contribution in [0.25, 0.3) is 0 Å². The van der Waals surface area contributed by atoms with Crippen LogP contribution >= 0.6 is 11.6 Å². The summed E-state index contributed by atoms with van der Waals surface area (Å²) in [6.07, 6.45) is 0.531. The van der Waals surface area contributed by atoms with Crippen LogP contribution in [0.2, 0.25) is 5.02 Å². The normalized spacial score (nSPS) is 12.2. The third kappa shape index (κ3) is 4.00. The maximum Gasteiger partial charge on any atom is 0.139 e. The van der Waals surface area contributed by atoms with Crippen LogP contribution in [0.1, 0.15) is 31.7 Å². The van der Waals surface area contributed by atoms with Crippen LogP contribution in [0.3, 0.4) is 0 Å². The summed E-state index contributed by atoms with van der Waals surface area (Å²) >= 11 is 6.04. The van der Waals surface area contributed by atoms with Crippen molar-refractivity contribution < 1.29 is 14.3 Å². The number of Topliss-reactive ketones (excluding diaryl/α,β-unsaturated/α-hetero) is 1. The Balaban J connectivity index is 2.82. The van der Waals surface area contributed by atoms with Gasteiger partial charge in [0.15, 0.2) is 0 Å². The summed E-state index contributed by atoms with van der Waals surface area (Å²) in [5.41, 5.74) is 0.929. The van der Waals surface area contributed by atoms with Crippen molar-refractivity contribution in [3.8, 4) is 5.75 Å². The Bertz CT molecular complexity index is 404. The molecule has 0 amide bonds. The molecule has 0 saturated carbocycles. The second-order valence-corrected chi connectivity index (χ2v) is 4.48. The van der Waals surface area contributed by atoms with E-state index >= 15 is 0 Å². The molecule has 0 N–H and O–H groups in total. The number of ketones is 1. The summed E-state index contributed by atoms with van der Waals surface area (Å²) in [7, 11) is 1.61. The lowest BCUT2D eigenvalue weighted by Gasteiger charge is -2.13. The molecule has 0 aliphatic heterocycles. The standard InChI is InChI=1S/C14H19ClO3/c1-4-13(16)10(2)11-5-6-12(15)14(9-11)18-8-7-17-3/h5-6,9-10H,4,7-8H2,1-3H3/t10-/m1/s1. The number of halogens is 1. The minimum absolute atomic E-state index is 0.128. The van der Waals surface area contributed by atoms with Crippen molar-refractivity contribution in [3.63, 3.8) is 0 Å². The zero-order valence-corrected chi connectivity index (χ0v) is 11.8. The maximum atomic E-state index is 11.7. The second kappa shape index (κ2) is 7.39. The molecule has 0 unspecified atom stereocenters. The summed E-state index contributed by atoms with van der Waals surface area (Å²) in [5.74, 6) is 0.680. The Morgan fingerprint density at radius 2 is 2.11 bits per heavy atom. The third-order valence-corrected chi connectivity index (χ3v) is 3.14. The van der Waals surface area contributed by atoms with E-state index in [1.54, 1.807) is 13.2 Å². The molecule has 0 saturated heterocycles. The molecule has 4 heteroatoms. The molecule has 0 aliphatic rings. The fourth-order valence-electron chi connectivity index (χ4n) is 1.63. The first-order valence-electron chi connectivity index (χ1n) is 6.04. The monoisotopic (exact) mass is 270 g/mol. The Hall–Kier alpha value is -1.06. The number of hydrogen-bond donors (Lipinski definition) is 0. The van der Waals surface area contributed by atoms with E-state index in [9.17, 15) is 4.79 Å². The lowest BCUT2D eigenvalue weighted by molar-refractivity contribution is -0.119. The Morgan fingerprint density at radius 3 is 2.72 bits per heavy atom. The van der Waals surface area contributed by atoms with Crippen molar-refractivity contribution in [2.24, 2.45) is 0 Å². The quantitative estimate of drug-likeness (QED) is 0.712. The summed E-state index contributed by atoms with van der Waals surface area (Å²) in [4.78, 5) is 11.7. The van der Waals surface area contributed by atoms with E-state index in [0.29, 0.717) is 30.4 Å². The first-order valence-corrected chi connectivity index (χ1v) is 6.41. The number of hydrogen-bond acceptors (Lipinski definition) is 3. The van der Waals surface area contributed by atoms with Crippen LogP contribution in [0, 0.1) is 0 Å². The molecule has 1 aromatic rings. The average molecular weight is 271 g/mol. The van der Waals surface area contributed by atoms with Crippen LogP contribution in [-0.2, 0) is 9.53 Å². The van der Waals surface area contributed by atoms with E-state index in [1.165, 1.54) is 0 Å². The third-order valence-electron chi connectivity index (χ3n) is 2.83. The zero-order valence-electron chi connectivity index (χ0n) is 11.0. The van der Waals surface area contributed by atoms with Crippen molar-refractivity contribution in [3.05, 3.63) is 28.8 Å². The van der Waals surface area contributed by atoms with Crippen LogP contribution in [0.5, 0.6) is 5.75 Å². The Labute approximate surface area is 113 Å². The highest BCUT2D eigenvalue weighted by Gasteiger charge is 2.15. The predicted molar refractivity (Wildman–Crippen MR) is 72.5 cm³/mol. The van der Waals surface area contributed by atoms with Crippen molar-refractivity contribution in [1.82, 2.24) is 0 Å². The van der Waals surface area contributed by atoms with Gasteiger partial charge in [-0.1, -0.05) is 31.5 Å². The van der Waals surface area contributed by atoms with Gasteiger partial charge in [-0.2, -0.15) is 0 Å². The molecular weight excluding hydrogens is 252 g/mol. The SMILES string of the molecule is CCC(=O)[C@H](C)c1ccc(Cl)c(OCCOC)c1. The first-order chi connectivity index (χ1) is 8.60. The van der Waals surface area contributed by atoms with E-state index in [1.807, 2.05) is 26.0 Å². The molecule has 0 bridgehead atoms.